The van der Waals surface area contributed by atoms with Crippen LogP contribution in [0.4, 0.5) is 0 Å². The molecule has 5 nitrogen and oxygen atoms in total. The Labute approximate surface area is 153 Å². The summed E-state index contributed by atoms with van der Waals surface area (Å²) in [5.74, 6) is -0.729. The molecule has 136 valence electrons. The van der Waals surface area contributed by atoms with Crippen molar-refractivity contribution < 1.29 is 9.90 Å². The Bertz CT molecular complexity index is 920. The van der Waals surface area contributed by atoms with Gasteiger partial charge in [0.05, 0.1) is 5.56 Å². The van der Waals surface area contributed by atoms with Gasteiger partial charge in [0, 0.05) is 12.1 Å². The van der Waals surface area contributed by atoms with E-state index in [1.807, 2.05) is 25.1 Å². The number of benzene rings is 1. The van der Waals surface area contributed by atoms with Crippen molar-refractivity contribution in [1.29, 1.82) is 5.26 Å². The van der Waals surface area contributed by atoms with Crippen molar-refractivity contribution >= 4 is 5.78 Å². The van der Waals surface area contributed by atoms with Crippen LogP contribution in [0, 0.1) is 25.2 Å². The Balaban J connectivity index is 2.59. The van der Waals surface area contributed by atoms with Crippen molar-refractivity contribution in [3.63, 3.8) is 0 Å². The van der Waals surface area contributed by atoms with E-state index in [0.717, 1.165) is 29.4 Å². The maximum Gasteiger partial charge on any atom is 0.271 e. The van der Waals surface area contributed by atoms with Crippen LogP contribution in [0.5, 0.6) is 5.88 Å². The van der Waals surface area contributed by atoms with Gasteiger partial charge in [-0.05, 0) is 31.4 Å². The van der Waals surface area contributed by atoms with Crippen LogP contribution in [0.15, 0.2) is 29.1 Å². The summed E-state index contributed by atoms with van der Waals surface area (Å²) >= 11 is 0. The normalized spacial score (nSPS) is 10.5. The number of pyridine rings is 1. The first-order valence-corrected chi connectivity index (χ1v) is 8.90. The van der Waals surface area contributed by atoms with E-state index >= 15 is 0 Å². The van der Waals surface area contributed by atoms with E-state index in [4.69, 9.17) is 0 Å². The molecular formula is C21H24N2O3. The predicted octanol–water partition coefficient (Wildman–Crippen LogP) is 3.85. The molecule has 0 aliphatic carbocycles. The molecule has 0 unspecified atom stereocenters. The summed E-state index contributed by atoms with van der Waals surface area (Å²) < 4.78 is 1.16. The molecule has 26 heavy (non-hydrogen) atoms. The summed E-state index contributed by atoms with van der Waals surface area (Å²) in [6.07, 6.45) is 3.70. The third-order valence-electron chi connectivity index (χ3n) is 4.65. The van der Waals surface area contributed by atoms with E-state index in [9.17, 15) is 20.0 Å². The van der Waals surface area contributed by atoms with E-state index in [2.05, 4.69) is 6.92 Å². The van der Waals surface area contributed by atoms with Gasteiger partial charge in [0.1, 0.15) is 11.6 Å². The molecule has 0 aliphatic heterocycles. The van der Waals surface area contributed by atoms with Gasteiger partial charge in [-0.2, -0.15) is 5.26 Å². The van der Waals surface area contributed by atoms with E-state index < -0.39 is 5.56 Å². The molecule has 0 saturated carbocycles. The number of hydrogen-bond donors (Lipinski definition) is 1. The molecule has 2 rings (SSSR count). The highest BCUT2D eigenvalue weighted by Gasteiger charge is 2.25. The Morgan fingerprint density at radius 1 is 1.19 bits per heavy atom. The Hall–Kier alpha value is -2.87. The minimum atomic E-state index is -0.541. The van der Waals surface area contributed by atoms with Gasteiger partial charge in [-0.3, -0.25) is 14.2 Å². The zero-order chi connectivity index (χ0) is 19.3. The number of carbonyl (C=O) groups is 1. The van der Waals surface area contributed by atoms with Crippen LogP contribution in [0.2, 0.25) is 0 Å². The maximum absolute atomic E-state index is 13.0. The molecule has 1 N–H and O–H groups in total. The molecule has 0 atom stereocenters. The number of rotatable bonds is 7. The number of aromatic nitrogens is 1. The van der Waals surface area contributed by atoms with Crippen molar-refractivity contribution in [3.05, 3.63) is 62.4 Å². The van der Waals surface area contributed by atoms with Crippen LogP contribution < -0.4 is 5.56 Å². The lowest BCUT2D eigenvalue weighted by molar-refractivity contribution is 0.103. The van der Waals surface area contributed by atoms with E-state index in [0.29, 0.717) is 12.0 Å². The molecule has 0 spiro atoms. The average Bonchev–Trinajstić information content (AvgIpc) is 2.61. The zero-order valence-corrected chi connectivity index (χ0v) is 15.5. The highest BCUT2D eigenvalue weighted by atomic mass is 16.3. The van der Waals surface area contributed by atoms with E-state index in [1.54, 1.807) is 12.1 Å². The highest BCUT2D eigenvalue weighted by molar-refractivity contribution is 6.12. The smallest absolute Gasteiger partial charge is 0.271 e. The summed E-state index contributed by atoms with van der Waals surface area (Å²) in [5.41, 5.74) is 0.857. The first-order valence-electron chi connectivity index (χ1n) is 8.90. The summed E-state index contributed by atoms with van der Waals surface area (Å²) in [6.45, 7) is 5.72. The van der Waals surface area contributed by atoms with Crippen LogP contribution in [-0.4, -0.2) is 15.5 Å². The van der Waals surface area contributed by atoms with Gasteiger partial charge < -0.3 is 5.11 Å². The molecule has 0 amide bonds. The second kappa shape index (κ2) is 8.48. The number of aryl methyl sites for hydroxylation is 1. The molecule has 2 aromatic rings. The lowest BCUT2D eigenvalue weighted by atomic mass is 9.95. The second-order valence-corrected chi connectivity index (χ2v) is 6.47. The quantitative estimate of drug-likeness (QED) is 0.606. The van der Waals surface area contributed by atoms with Crippen LogP contribution in [0.3, 0.4) is 0 Å². The van der Waals surface area contributed by atoms with Gasteiger partial charge in [0.2, 0.25) is 5.88 Å². The Morgan fingerprint density at radius 2 is 1.88 bits per heavy atom. The Morgan fingerprint density at radius 3 is 2.50 bits per heavy atom. The van der Waals surface area contributed by atoms with Crippen molar-refractivity contribution in [3.8, 4) is 11.9 Å². The number of hydrogen-bond acceptors (Lipinski definition) is 4. The average molecular weight is 352 g/mol. The van der Waals surface area contributed by atoms with Gasteiger partial charge in [-0.1, -0.05) is 50.5 Å². The van der Waals surface area contributed by atoms with Gasteiger partial charge in [0.15, 0.2) is 5.78 Å². The zero-order valence-electron chi connectivity index (χ0n) is 15.5. The fourth-order valence-electron chi connectivity index (χ4n) is 3.09. The number of nitriles is 1. The number of carbonyl (C=O) groups excluding carboxylic acids is 1. The lowest BCUT2D eigenvalue weighted by Gasteiger charge is -2.16. The molecule has 1 aromatic carbocycles. The fourth-order valence-corrected chi connectivity index (χ4v) is 3.09. The topological polar surface area (TPSA) is 83.1 Å². The second-order valence-electron chi connectivity index (χ2n) is 6.47. The highest BCUT2D eigenvalue weighted by Crippen LogP contribution is 2.26. The van der Waals surface area contributed by atoms with Gasteiger partial charge in [-0.15, -0.1) is 0 Å². The SMILES string of the molecule is CCCCCCn1c(O)c(C(=O)c2ccccc2C)c(C)c(C#N)c1=O. The first-order chi connectivity index (χ1) is 12.4. The monoisotopic (exact) mass is 352 g/mol. The number of ketones is 1. The lowest BCUT2D eigenvalue weighted by Crippen LogP contribution is -2.27. The molecule has 0 aliphatic rings. The minimum Gasteiger partial charge on any atom is -0.494 e. The van der Waals surface area contributed by atoms with E-state index in [1.165, 1.54) is 6.92 Å². The summed E-state index contributed by atoms with van der Waals surface area (Å²) in [7, 11) is 0. The molecule has 0 saturated heterocycles. The van der Waals surface area contributed by atoms with Crippen LogP contribution in [-0.2, 0) is 6.54 Å². The number of unbranched alkanes of at least 4 members (excludes halogenated alkanes) is 3. The van der Waals surface area contributed by atoms with Crippen LogP contribution in [0.25, 0.3) is 0 Å². The van der Waals surface area contributed by atoms with Gasteiger partial charge >= 0.3 is 0 Å². The molecule has 0 radical (unpaired) electrons. The van der Waals surface area contributed by atoms with Crippen molar-refractivity contribution in [1.82, 2.24) is 4.57 Å². The summed E-state index contributed by atoms with van der Waals surface area (Å²) in [5, 5.41) is 20.1. The molecule has 5 heteroatoms. The third-order valence-corrected chi connectivity index (χ3v) is 4.65. The molecule has 0 fully saturated rings. The van der Waals surface area contributed by atoms with Crippen molar-refractivity contribution in [2.75, 3.05) is 0 Å². The Kier molecular flexibility index (Phi) is 6.35. The summed E-state index contributed by atoms with van der Waals surface area (Å²) in [6, 6.07) is 8.96. The minimum absolute atomic E-state index is 0.0333. The van der Waals surface area contributed by atoms with Crippen molar-refractivity contribution in [2.45, 2.75) is 53.0 Å². The molecular weight excluding hydrogens is 328 g/mol. The largest absolute Gasteiger partial charge is 0.494 e. The number of nitrogens with zero attached hydrogens (tertiary/aromatic N) is 2. The predicted molar refractivity (Wildman–Crippen MR) is 101 cm³/mol. The third kappa shape index (κ3) is 3.70. The molecule has 1 aromatic heterocycles. The molecule has 1 heterocycles. The van der Waals surface area contributed by atoms with E-state index in [-0.39, 0.29) is 34.9 Å². The maximum atomic E-state index is 13.0. The van der Waals surface area contributed by atoms with Gasteiger partial charge in [0.25, 0.3) is 5.56 Å². The fraction of sp³-hybridized carbons (Fsp3) is 0.381. The summed E-state index contributed by atoms with van der Waals surface area (Å²) in [4.78, 5) is 25.6. The molecule has 0 bridgehead atoms. The standard InChI is InChI=1S/C21H24N2O3/c1-4-5-6-9-12-23-20(25)17(13-22)15(3)18(21(23)26)19(24)16-11-8-7-10-14(16)2/h7-8,10-11,26H,4-6,9,12H2,1-3H3. The van der Waals surface area contributed by atoms with Gasteiger partial charge in [-0.25, -0.2) is 0 Å². The van der Waals surface area contributed by atoms with Crippen LogP contribution in [0.1, 0.15) is 65.2 Å². The first kappa shape index (κ1) is 19.5. The van der Waals surface area contributed by atoms with Crippen molar-refractivity contribution in [2.24, 2.45) is 0 Å². The van der Waals surface area contributed by atoms with Crippen LogP contribution >= 0.6 is 0 Å². The number of aromatic hydroxyl groups is 1.